The molecule has 4 aromatic rings. The first-order valence-electron chi connectivity index (χ1n) is 12.1. The van der Waals surface area contributed by atoms with Crippen LogP contribution in [0.2, 0.25) is 0 Å². The summed E-state index contributed by atoms with van der Waals surface area (Å²) in [6.45, 7) is 2.28. The molecule has 1 aliphatic rings. The molecule has 2 heterocycles. The maximum atomic E-state index is 12.8. The predicted molar refractivity (Wildman–Crippen MR) is 138 cm³/mol. The Kier molecular flexibility index (Phi) is 6.96. The number of furan rings is 1. The number of carboxylic acids is 1. The number of aromatic amines is 1. The van der Waals surface area contributed by atoms with Crippen LogP contribution in [-0.4, -0.2) is 55.8 Å². The number of tetrazole rings is 1. The number of aliphatic carboxylic acids is 1. The molecule has 1 saturated carbocycles. The number of amides is 1. The molecule has 2 N–H and O–H groups in total. The van der Waals surface area contributed by atoms with Crippen LogP contribution in [-0.2, 0) is 16.1 Å². The van der Waals surface area contributed by atoms with Crippen molar-refractivity contribution >= 4 is 39.0 Å². The highest BCUT2D eigenvalue weighted by Gasteiger charge is 2.43. The van der Waals surface area contributed by atoms with Crippen LogP contribution in [0.25, 0.3) is 33.7 Å². The Morgan fingerprint density at radius 2 is 1.95 bits per heavy atom. The number of nitrogens with one attached hydrogen (secondary N) is 1. The third-order valence-electron chi connectivity index (χ3n) is 6.86. The third kappa shape index (κ3) is 4.83. The lowest BCUT2D eigenvalue weighted by Crippen LogP contribution is -2.44. The zero-order chi connectivity index (χ0) is 26.0. The van der Waals surface area contributed by atoms with E-state index >= 15 is 0 Å². The first-order chi connectivity index (χ1) is 17.9. The summed E-state index contributed by atoms with van der Waals surface area (Å²) in [4.78, 5) is 26.5. The first-order valence-corrected chi connectivity index (χ1v) is 12.9. The number of rotatable bonds is 8. The van der Waals surface area contributed by atoms with Gasteiger partial charge in [-0.05, 0) is 58.6 Å². The molecule has 37 heavy (non-hydrogen) atoms. The van der Waals surface area contributed by atoms with Gasteiger partial charge in [0.15, 0.2) is 0 Å². The molecule has 2 aromatic carbocycles. The van der Waals surface area contributed by atoms with E-state index in [1.54, 1.807) is 6.92 Å². The molecule has 0 saturated heterocycles. The Hall–Kier alpha value is -3.73. The number of hydrogen-bond acceptors (Lipinski definition) is 7. The first kappa shape index (κ1) is 24.9. The summed E-state index contributed by atoms with van der Waals surface area (Å²) in [7, 11) is 0. The fraction of sp³-hybridized carbons (Fsp3) is 0.346. The molecule has 0 spiro atoms. The van der Waals surface area contributed by atoms with Gasteiger partial charge in [-0.1, -0.05) is 43.2 Å². The molecule has 1 amide bonds. The van der Waals surface area contributed by atoms with E-state index in [1.165, 1.54) is 4.90 Å². The second kappa shape index (κ2) is 10.3. The molecule has 0 atom stereocenters. The minimum atomic E-state index is -0.945. The highest BCUT2D eigenvalue weighted by atomic mass is 79.9. The van der Waals surface area contributed by atoms with Crippen LogP contribution < -0.4 is 0 Å². The normalized spacial score (nSPS) is 14.6. The van der Waals surface area contributed by atoms with Crippen LogP contribution >= 0.6 is 15.9 Å². The van der Waals surface area contributed by atoms with Gasteiger partial charge in [0, 0.05) is 29.6 Å². The van der Waals surface area contributed by atoms with E-state index in [0.717, 1.165) is 39.4 Å². The highest BCUT2D eigenvalue weighted by molar-refractivity contribution is 9.10. The molecule has 0 aliphatic heterocycles. The van der Waals surface area contributed by atoms with Gasteiger partial charge >= 0.3 is 12.1 Å². The number of benzene rings is 2. The average Bonchev–Trinajstić information content (AvgIpc) is 3.66. The molecule has 0 bridgehead atoms. The Balaban J connectivity index is 1.48. The van der Waals surface area contributed by atoms with Crippen LogP contribution in [0, 0.1) is 5.41 Å². The van der Waals surface area contributed by atoms with Crippen LogP contribution in [0.4, 0.5) is 4.79 Å². The van der Waals surface area contributed by atoms with E-state index in [1.807, 2.05) is 42.5 Å². The number of carboxylic acid groups (broad SMARTS) is 1. The third-order valence-corrected chi connectivity index (χ3v) is 7.64. The zero-order valence-electron chi connectivity index (χ0n) is 20.2. The number of fused-ring (bicyclic) bond motifs is 1. The number of hydrogen-bond donors (Lipinski definition) is 2. The summed E-state index contributed by atoms with van der Waals surface area (Å²) in [5.41, 5.74) is 2.11. The Morgan fingerprint density at radius 3 is 2.62 bits per heavy atom. The summed E-state index contributed by atoms with van der Waals surface area (Å²) in [6.07, 6.45) is 2.26. The summed E-state index contributed by atoms with van der Waals surface area (Å²) < 4.78 is 12.2. The number of H-pyrrole nitrogens is 1. The predicted octanol–water partition coefficient (Wildman–Crippen LogP) is 5.65. The molecule has 1 aliphatic carbocycles. The molecular weight excluding hydrogens is 542 g/mol. The maximum absolute atomic E-state index is 12.8. The van der Waals surface area contributed by atoms with Crippen molar-refractivity contribution in [2.45, 2.75) is 39.2 Å². The standard InChI is InChI=1S/C26H26BrN5O5/c1-2-36-25(35)32(15-26(24(33)34)11-5-6-12-26)14-16-9-10-20-19(13-16)21(27)22(37-20)17-7-3-4-8-18(17)23-28-30-31-29-23/h3-4,7-10,13H,2,5-6,11-12,14-15H2,1H3,(H,33,34)(H,28,29,30,31). The fourth-order valence-corrected chi connectivity index (χ4v) is 5.62. The van der Waals surface area contributed by atoms with E-state index in [0.29, 0.717) is 30.0 Å². The van der Waals surface area contributed by atoms with Gasteiger partial charge in [0.1, 0.15) is 11.3 Å². The van der Waals surface area contributed by atoms with Crippen LogP contribution in [0.15, 0.2) is 51.4 Å². The van der Waals surface area contributed by atoms with Crippen molar-refractivity contribution in [3.63, 3.8) is 0 Å². The summed E-state index contributed by atoms with van der Waals surface area (Å²) in [5.74, 6) is 0.204. The van der Waals surface area contributed by atoms with Gasteiger partial charge in [-0.3, -0.25) is 4.79 Å². The van der Waals surface area contributed by atoms with Gasteiger partial charge in [0.25, 0.3) is 0 Å². The van der Waals surface area contributed by atoms with Crippen molar-refractivity contribution in [2.75, 3.05) is 13.2 Å². The van der Waals surface area contributed by atoms with E-state index < -0.39 is 17.5 Å². The lowest BCUT2D eigenvalue weighted by molar-refractivity contribution is -0.149. The summed E-state index contributed by atoms with van der Waals surface area (Å²) in [6, 6.07) is 13.3. The van der Waals surface area contributed by atoms with E-state index in [2.05, 4.69) is 36.6 Å². The van der Waals surface area contributed by atoms with Crippen LogP contribution in [0.1, 0.15) is 38.2 Å². The molecule has 0 unspecified atom stereocenters. The quantitative estimate of drug-likeness (QED) is 0.279. The molecule has 2 aromatic heterocycles. The molecular formula is C26H26BrN5O5. The Bertz CT molecular complexity index is 1430. The molecule has 11 heteroatoms. The van der Waals surface area contributed by atoms with Crippen molar-refractivity contribution in [2.24, 2.45) is 5.41 Å². The van der Waals surface area contributed by atoms with Gasteiger partial charge in [-0.15, -0.1) is 10.2 Å². The van der Waals surface area contributed by atoms with Crippen molar-refractivity contribution in [1.29, 1.82) is 0 Å². The molecule has 192 valence electrons. The van der Waals surface area contributed by atoms with E-state index in [-0.39, 0.29) is 19.7 Å². The van der Waals surface area contributed by atoms with Gasteiger partial charge < -0.3 is 19.2 Å². The average molecular weight is 568 g/mol. The fourth-order valence-electron chi connectivity index (χ4n) is 5.02. The number of halogens is 1. The largest absolute Gasteiger partial charge is 0.481 e. The highest BCUT2D eigenvalue weighted by Crippen LogP contribution is 2.42. The van der Waals surface area contributed by atoms with Crippen molar-refractivity contribution in [3.8, 4) is 22.7 Å². The number of aromatic nitrogens is 4. The number of ether oxygens (including phenoxy) is 1. The zero-order valence-corrected chi connectivity index (χ0v) is 21.8. The Morgan fingerprint density at radius 1 is 1.19 bits per heavy atom. The van der Waals surface area contributed by atoms with E-state index in [4.69, 9.17) is 9.15 Å². The lowest BCUT2D eigenvalue weighted by Gasteiger charge is -2.31. The molecule has 1 fully saturated rings. The minimum absolute atomic E-state index is 0.106. The monoisotopic (exact) mass is 567 g/mol. The number of nitrogens with zero attached hydrogens (tertiary/aromatic N) is 4. The SMILES string of the molecule is CCOC(=O)N(Cc1ccc2oc(-c3ccccc3-c3nn[nH]n3)c(Br)c2c1)CC1(C(=O)O)CCCC1. The summed E-state index contributed by atoms with van der Waals surface area (Å²) in [5, 5.41) is 25.1. The number of carbonyl (C=O) groups is 2. The molecule has 0 radical (unpaired) electrons. The topological polar surface area (TPSA) is 134 Å². The second-order valence-corrected chi connectivity index (χ2v) is 10.00. The van der Waals surface area contributed by atoms with Crippen molar-refractivity contribution in [3.05, 3.63) is 52.5 Å². The van der Waals surface area contributed by atoms with Gasteiger partial charge in [0.05, 0.1) is 16.5 Å². The smallest absolute Gasteiger partial charge is 0.410 e. The Labute approximate surface area is 221 Å². The van der Waals surface area contributed by atoms with Gasteiger partial charge in [-0.2, -0.15) is 5.21 Å². The van der Waals surface area contributed by atoms with E-state index in [9.17, 15) is 14.7 Å². The van der Waals surface area contributed by atoms with Crippen molar-refractivity contribution in [1.82, 2.24) is 25.5 Å². The maximum Gasteiger partial charge on any atom is 0.410 e. The van der Waals surface area contributed by atoms with Crippen LogP contribution in [0.5, 0.6) is 0 Å². The van der Waals surface area contributed by atoms with Crippen molar-refractivity contribution < 1.29 is 23.8 Å². The van der Waals surface area contributed by atoms with Gasteiger partial charge in [-0.25, -0.2) is 4.79 Å². The van der Waals surface area contributed by atoms with Crippen LogP contribution in [0.3, 0.4) is 0 Å². The molecule has 5 rings (SSSR count). The second-order valence-electron chi connectivity index (χ2n) is 9.20. The molecule has 10 nitrogen and oxygen atoms in total. The number of carbonyl (C=O) groups excluding carboxylic acids is 1. The van der Waals surface area contributed by atoms with Gasteiger partial charge in [0.2, 0.25) is 5.82 Å². The lowest BCUT2D eigenvalue weighted by atomic mass is 9.85. The summed E-state index contributed by atoms with van der Waals surface area (Å²) >= 11 is 3.70. The minimum Gasteiger partial charge on any atom is -0.481 e.